The highest BCUT2D eigenvalue weighted by molar-refractivity contribution is 5.15. The molecule has 0 spiro atoms. The van der Waals surface area contributed by atoms with Crippen molar-refractivity contribution in [3.8, 4) is 0 Å². The van der Waals surface area contributed by atoms with E-state index in [4.69, 9.17) is 0 Å². The molecule has 11 heavy (non-hydrogen) atoms. The normalized spacial score (nSPS) is 13.0. The molecular formula is C9H12FN. The van der Waals surface area contributed by atoms with Crippen LogP contribution >= 0.6 is 0 Å². The Labute approximate surface area is 66.3 Å². The van der Waals surface area contributed by atoms with Crippen molar-refractivity contribution in [1.29, 1.82) is 0 Å². The van der Waals surface area contributed by atoms with Gasteiger partial charge in [0, 0.05) is 11.8 Å². The van der Waals surface area contributed by atoms with Crippen LogP contribution in [0.3, 0.4) is 0 Å². The summed E-state index contributed by atoms with van der Waals surface area (Å²) in [4.78, 5) is 3.58. The van der Waals surface area contributed by atoms with Gasteiger partial charge in [0.2, 0.25) is 5.95 Å². The monoisotopic (exact) mass is 153 g/mol. The molecule has 1 heterocycles. The molecule has 1 atom stereocenters. The third-order valence-electron chi connectivity index (χ3n) is 1.93. The minimum atomic E-state index is -0.332. The molecule has 1 nitrogen and oxygen atoms in total. The Morgan fingerprint density at radius 2 is 2.36 bits per heavy atom. The van der Waals surface area contributed by atoms with E-state index in [0.717, 1.165) is 12.0 Å². The summed E-state index contributed by atoms with van der Waals surface area (Å²) in [7, 11) is 0. The van der Waals surface area contributed by atoms with E-state index < -0.39 is 0 Å². The Kier molecular flexibility index (Phi) is 2.58. The Bertz CT molecular complexity index is 235. The summed E-state index contributed by atoms with van der Waals surface area (Å²) >= 11 is 0. The third kappa shape index (κ3) is 1.76. The van der Waals surface area contributed by atoms with Gasteiger partial charge in [-0.3, -0.25) is 0 Å². The lowest BCUT2D eigenvalue weighted by atomic mass is 10.0. The van der Waals surface area contributed by atoms with Crippen LogP contribution in [-0.2, 0) is 0 Å². The Morgan fingerprint density at radius 3 is 2.91 bits per heavy atom. The number of hydrogen-bond donors (Lipinski definition) is 0. The van der Waals surface area contributed by atoms with Crippen LogP contribution in [0.25, 0.3) is 0 Å². The molecule has 0 aliphatic carbocycles. The topological polar surface area (TPSA) is 12.9 Å². The number of halogens is 1. The summed E-state index contributed by atoms with van der Waals surface area (Å²) in [6, 6.07) is 3.56. The minimum absolute atomic E-state index is 0.267. The zero-order valence-corrected chi connectivity index (χ0v) is 6.84. The second kappa shape index (κ2) is 3.46. The summed E-state index contributed by atoms with van der Waals surface area (Å²) < 4.78 is 12.9. The average Bonchev–Trinajstić information content (AvgIpc) is 2.04. The van der Waals surface area contributed by atoms with Crippen LogP contribution in [0.5, 0.6) is 0 Å². The maximum atomic E-state index is 12.9. The van der Waals surface area contributed by atoms with Gasteiger partial charge in [-0.15, -0.1) is 0 Å². The van der Waals surface area contributed by atoms with Crippen molar-refractivity contribution < 1.29 is 4.39 Å². The van der Waals surface area contributed by atoms with Gasteiger partial charge in [-0.2, -0.15) is 4.39 Å². The molecule has 0 aliphatic rings. The Morgan fingerprint density at radius 1 is 1.64 bits per heavy atom. The van der Waals surface area contributed by atoms with Crippen LogP contribution in [0.1, 0.15) is 31.7 Å². The molecule has 60 valence electrons. The number of hydrogen-bond acceptors (Lipinski definition) is 1. The molecule has 0 N–H and O–H groups in total. The average molecular weight is 153 g/mol. The van der Waals surface area contributed by atoms with Gasteiger partial charge in [0.05, 0.1) is 0 Å². The van der Waals surface area contributed by atoms with Gasteiger partial charge >= 0.3 is 0 Å². The van der Waals surface area contributed by atoms with Gasteiger partial charge in [-0.1, -0.05) is 19.9 Å². The molecule has 0 amide bonds. The first-order valence-corrected chi connectivity index (χ1v) is 3.86. The first-order valence-electron chi connectivity index (χ1n) is 3.86. The van der Waals surface area contributed by atoms with Gasteiger partial charge in [0.1, 0.15) is 0 Å². The lowest BCUT2D eigenvalue weighted by Crippen LogP contribution is -1.97. The summed E-state index contributed by atoms with van der Waals surface area (Å²) in [5.74, 6) is -0.0643. The molecule has 1 aromatic heterocycles. The molecule has 0 aromatic carbocycles. The molecule has 0 fully saturated rings. The van der Waals surface area contributed by atoms with Gasteiger partial charge in [0.25, 0.3) is 0 Å². The first kappa shape index (κ1) is 8.18. The third-order valence-corrected chi connectivity index (χ3v) is 1.93. The fraction of sp³-hybridized carbons (Fsp3) is 0.444. The summed E-state index contributed by atoms with van der Waals surface area (Å²) in [5, 5.41) is 0. The zero-order valence-electron chi connectivity index (χ0n) is 6.84. The predicted molar refractivity (Wildman–Crippen MR) is 42.9 cm³/mol. The van der Waals surface area contributed by atoms with Crippen molar-refractivity contribution in [2.45, 2.75) is 26.2 Å². The lowest BCUT2D eigenvalue weighted by molar-refractivity contribution is 0.546. The van der Waals surface area contributed by atoms with Gasteiger partial charge < -0.3 is 0 Å². The van der Waals surface area contributed by atoms with Crippen molar-refractivity contribution in [2.24, 2.45) is 0 Å². The second-order valence-electron chi connectivity index (χ2n) is 2.69. The SMILES string of the molecule is CC[C@H](C)c1cccnc1F. The van der Waals surface area contributed by atoms with Crippen LogP contribution in [-0.4, -0.2) is 4.98 Å². The fourth-order valence-corrected chi connectivity index (χ4v) is 0.986. The predicted octanol–water partition coefficient (Wildman–Crippen LogP) is 2.73. The van der Waals surface area contributed by atoms with E-state index in [2.05, 4.69) is 4.98 Å². The standard InChI is InChI=1S/C9H12FN/c1-3-7(2)8-5-4-6-11-9(8)10/h4-7H,3H2,1-2H3/t7-/m0/s1. The zero-order chi connectivity index (χ0) is 8.27. The number of aromatic nitrogens is 1. The largest absolute Gasteiger partial charge is 0.228 e. The van der Waals surface area contributed by atoms with Crippen LogP contribution in [0, 0.1) is 5.95 Å². The second-order valence-corrected chi connectivity index (χ2v) is 2.69. The highest BCUT2D eigenvalue weighted by Gasteiger charge is 2.07. The van der Waals surface area contributed by atoms with E-state index in [-0.39, 0.29) is 11.9 Å². The number of pyridine rings is 1. The quantitative estimate of drug-likeness (QED) is 0.595. The van der Waals surface area contributed by atoms with Crippen molar-refractivity contribution in [3.05, 3.63) is 29.8 Å². The van der Waals surface area contributed by atoms with Crippen LogP contribution in [0.15, 0.2) is 18.3 Å². The smallest absolute Gasteiger partial charge is 0.216 e. The van der Waals surface area contributed by atoms with Crippen molar-refractivity contribution in [2.75, 3.05) is 0 Å². The maximum Gasteiger partial charge on any atom is 0.216 e. The molecule has 0 radical (unpaired) electrons. The molecule has 1 rings (SSSR count). The molecular weight excluding hydrogens is 141 g/mol. The van der Waals surface area contributed by atoms with Gasteiger partial charge in [-0.25, -0.2) is 4.98 Å². The van der Waals surface area contributed by atoms with E-state index in [1.165, 1.54) is 6.20 Å². The van der Waals surface area contributed by atoms with E-state index >= 15 is 0 Å². The molecule has 2 heteroatoms. The summed E-state index contributed by atoms with van der Waals surface area (Å²) in [6.07, 6.45) is 2.42. The van der Waals surface area contributed by atoms with Crippen LogP contribution in [0.4, 0.5) is 4.39 Å². The van der Waals surface area contributed by atoms with Gasteiger partial charge in [-0.05, 0) is 18.4 Å². The van der Waals surface area contributed by atoms with E-state index in [1.807, 2.05) is 13.8 Å². The molecule has 0 aliphatic heterocycles. The van der Waals surface area contributed by atoms with E-state index in [0.29, 0.717) is 0 Å². The molecule has 0 unspecified atom stereocenters. The summed E-state index contributed by atoms with van der Waals surface area (Å²) in [5.41, 5.74) is 0.718. The van der Waals surface area contributed by atoms with Gasteiger partial charge in [0.15, 0.2) is 0 Å². The molecule has 0 saturated carbocycles. The van der Waals surface area contributed by atoms with Crippen LogP contribution < -0.4 is 0 Å². The maximum absolute atomic E-state index is 12.9. The fourth-order valence-electron chi connectivity index (χ4n) is 0.986. The van der Waals surface area contributed by atoms with Crippen molar-refractivity contribution in [3.63, 3.8) is 0 Å². The highest BCUT2D eigenvalue weighted by atomic mass is 19.1. The Balaban J connectivity index is 2.93. The van der Waals surface area contributed by atoms with Crippen molar-refractivity contribution in [1.82, 2.24) is 4.98 Å². The minimum Gasteiger partial charge on any atom is -0.228 e. The van der Waals surface area contributed by atoms with Crippen molar-refractivity contribution >= 4 is 0 Å². The lowest BCUT2D eigenvalue weighted by Gasteiger charge is -2.07. The number of rotatable bonds is 2. The van der Waals surface area contributed by atoms with Crippen LogP contribution in [0.2, 0.25) is 0 Å². The summed E-state index contributed by atoms with van der Waals surface area (Å²) in [6.45, 7) is 4.04. The molecule has 0 saturated heterocycles. The van der Waals surface area contributed by atoms with E-state index in [9.17, 15) is 4.39 Å². The first-order chi connectivity index (χ1) is 5.25. The highest BCUT2D eigenvalue weighted by Crippen LogP contribution is 2.19. The Hall–Kier alpha value is -0.920. The molecule has 1 aromatic rings. The van der Waals surface area contributed by atoms with E-state index in [1.54, 1.807) is 12.1 Å². The molecule has 0 bridgehead atoms. The number of nitrogens with zero attached hydrogens (tertiary/aromatic N) is 1.